The van der Waals surface area contributed by atoms with Gasteiger partial charge in [0.2, 0.25) is 5.69 Å². The monoisotopic (exact) mass is 631 g/mol. The Morgan fingerprint density at radius 2 is 1.81 bits per heavy atom. The van der Waals surface area contributed by atoms with Gasteiger partial charge in [0.15, 0.2) is 23.5 Å². The van der Waals surface area contributed by atoms with Crippen LogP contribution in [0.1, 0.15) is 23.9 Å². The molecule has 19 heteroatoms. The summed E-state index contributed by atoms with van der Waals surface area (Å²) in [6, 6.07) is 3.65. The molecule has 1 atom stereocenters. The molecule has 0 radical (unpaired) electrons. The Morgan fingerprint density at radius 1 is 1.05 bits per heavy atom. The fourth-order valence-electron chi connectivity index (χ4n) is 4.30. The van der Waals surface area contributed by atoms with E-state index in [0.717, 1.165) is 12.3 Å². The summed E-state index contributed by atoms with van der Waals surface area (Å²) < 4.78 is 100. The second-order valence-corrected chi connectivity index (χ2v) is 9.39. The number of ether oxygens (including phenoxy) is 1. The highest BCUT2D eigenvalue weighted by atomic mass is 35.5. The number of pyridine rings is 1. The van der Waals surface area contributed by atoms with E-state index in [2.05, 4.69) is 30.2 Å². The van der Waals surface area contributed by atoms with Gasteiger partial charge in [0.25, 0.3) is 0 Å². The minimum atomic E-state index is -4.93. The van der Waals surface area contributed by atoms with Crippen LogP contribution in [-0.4, -0.2) is 52.5 Å². The molecule has 1 unspecified atom stereocenters. The first-order valence-electron chi connectivity index (χ1n) is 12.0. The highest BCUT2D eigenvalue weighted by molar-refractivity contribution is 6.31. The van der Waals surface area contributed by atoms with Gasteiger partial charge in [0, 0.05) is 25.7 Å². The molecule has 0 aliphatic carbocycles. The number of alkyl halides is 6. The molecule has 43 heavy (non-hydrogen) atoms. The van der Waals surface area contributed by atoms with Gasteiger partial charge in [-0.15, -0.1) is 18.3 Å². The first-order chi connectivity index (χ1) is 20.2. The summed E-state index contributed by atoms with van der Waals surface area (Å²) >= 11 is 5.94. The fourth-order valence-corrected chi connectivity index (χ4v) is 4.46. The van der Waals surface area contributed by atoms with Gasteiger partial charge in [-0.05, 0) is 18.2 Å². The quantitative estimate of drug-likeness (QED) is 0.136. The van der Waals surface area contributed by atoms with E-state index >= 15 is 4.39 Å². The van der Waals surface area contributed by atoms with Crippen molar-refractivity contribution in [2.24, 2.45) is 7.05 Å². The second-order valence-electron chi connectivity index (χ2n) is 8.98. The van der Waals surface area contributed by atoms with E-state index in [1.165, 1.54) is 46.3 Å². The normalized spacial score (nSPS) is 13.0. The predicted octanol–water partition coefficient (Wildman–Crippen LogP) is 4.89. The number of nitrogens with zero attached hydrogens (tertiary/aromatic N) is 9. The van der Waals surface area contributed by atoms with Gasteiger partial charge >= 0.3 is 12.5 Å². The molecule has 0 aliphatic heterocycles. The van der Waals surface area contributed by atoms with E-state index in [1.807, 2.05) is 0 Å². The lowest BCUT2D eigenvalue weighted by Crippen LogP contribution is -2.36. The van der Waals surface area contributed by atoms with E-state index in [4.69, 9.17) is 11.6 Å². The standard InChI is InChI=1S/C24H17ClF7N9O2/c1-38-22(33-12-35-38)14-8-34-39(9-14)16(6-7-43-24(30,31)32)17-4-2-13(10-41(17)42)20-18(5-3-15(25)21(20)26)40-11-19(36-37-40)23(27,28)29/h2-5,8-12,16H,6-7H2,1H3. The minimum absolute atomic E-state index is 0.105. The highest BCUT2D eigenvalue weighted by Gasteiger charge is 2.35. The van der Waals surface area contributed by atoms with Gasteiger partial charge in [0.05, 0.1) is 46.4 Å². The largest absolute Gasteiger partial charge is 0.618 e. The number of benzene rings is 1. The maximum absolute atomic E-state index is 15.3. The van der Waals surface area contributed by atoms with E-state index < -0.39 is 41.7 Å². The molecule has 1 aromatic carbocycles. The number of aryl methyl sites for hydroxylation is 1. The maximum atomic E-state index is 15.3. The summed E-state index contributed by atoms with van der Waals surface area (Å²) in [5.74, 6) is -0.667. The molecule has 0 N–H and O–H groups in total. The van der Waals surface area contributed by atoms with E-state index in [0.29, 0.717) is 22.3 Å². The summed E-state index contributed by atoms with van der Waals surface area (Å²) in [5.41, 5.74) is -1.70. The van der Waals surface area contributed by atoms with Gasteiger partial charge in [0.1, 0.15) is 12.4 Å². The summed E-state index contributed by atoms with van der Waals surface area (Å²) in [4.78, 5) is 4.09. The van der Waals surface area contributed by atoms with Crippen LogP contribution in [0.5, 0.6) is 0 Å². The van der Waals surface area contributed by atoms with Crippen molar-refractivity contribution in [2.45, 2.75) is 25.0 Å². The van der Waals surface area contributed by atoms with Crippen molar-refractivity contribution in [1.29, 1.82) is 0 Å². The van der Waals surface area contributed by atoms with Crippen LogP contribution in [0.2, 0.25) is 5.02 Å². The number of halogens is 8. The van der Waals surface area contributed by atoms with Crippen LogP contribution >= 0.6 is 11.6 Å². The first kappa shape index (κ1) is 29.9. The van der Waals surface area contributed by atoms with Crippen molar-refractivity contribution < 1.29 is 40.2 Å². The number of aromatic nitrogens is 9. The van der Waals surface area contributed by atoms with Gasteiger partial charge in [-0.2, -0.15) is 28.1 Å². The van der Waals surface area contributed by atoms with Crippen molar-refractivity contribution >= 4 is 11.6 Å². The third-order valence-electron chi connectivity index (χ3n) is 6.23. The molecular formula is C24H17ClF7N9O2. The average molecular weight is 632 g/mol. The van der Waals surface area contributed by atoms with Crippen molar-refractivity contribution in [3.05, 3.63) is 82.8 Å². The third-order valence-corrected chi connectivity index (χ3v) is 6.52. The molecule has 0 fully saturated rings. The fraction of sp³-hybridized carbons (Fsp3) is 0.250. The molecule has 0 aliphatic rings. The Kier molecular flexibility index (Phi) is 7.82. The predicted molar refractivity (Wildman–Crippen MR) is 133 cm³/mol. The second kappa shape index (κ2) is 11.3. The van der Waals surface area contributed by atoms with E-state index in [1.54, 1.807) is 7.05 Å². The summed E-state index contributed by atoms with van der Waals surface area (Å²) in [6.07, 6.45) is -4.56. The SMILES string of the molecule is Cn1ncnc1-c1cnn(C(CCOC(F)(F)F)c2ccc(-c3c(-n4cc(C(F)(F)F)nn4)ccc(Cl)c3F)c[n+]2[O-])c1. The molecule has 5 aromatic rings. The molecule has 4 aromatic heterocycles. The van der Waals surface area contributed by atoms with Crippen LogP contribution < -0.4 is 4.73 Å². The third kappa shape index (κ3) is 6.29. The van der Waals surface area contributed by atoms with Crippen LogP contribution in [0, 0.1) is 11.0 Å². The van der Waals surface area contributed by atoms with Crippen LogP contribution in [0.4, 0.5) is 30.7 Å². The first-order valence-corrected chi connectivity index (χ1v) is 12.4. The molecule has 0 amide bonds. The lowest BCUT2D eigenvalue weighted by atomic mass is 10.0. The van der Waals surface area contributed by atoms with Crippen LogP contribution in [0.25, 0.3) is 28.2 Å². The number of hydrogen-bond acceptors (Lipinski definition) is 7. The Hall–Kier alpha value is -4.58. The topological polar surface area (TPSA) is 115 Å². The van der Waals surface area contributed by atoms with Gasteiger partial charge < -0.3 is 5.21 Å². The Bertz CT molecular complexity index is 1760. The van der Waals surface area contributed by atoms with E-state index in [9.17, 15) is 31.5 Å². The highest BCUT2D eigenvalue weighted by Crippen LogP contribution is 2.35. The Morgan fingerprint density at radius 3 is 2.44 bits per heavy atom. The molecule has 0 spiro atoms. The van der Waals surface area contributed by atoms with E-state index in [-0.39, 0.29) is 33.7 Å². The van der Waals surface area contributed by atoms with Crippen LogP contribution in [-0.2, 0) is 18.0 Å². The van der Waals surface area contributed by atoms with Crippen LogP contribution in [0.15, 0.2) is 55.4 Å². The lowest BCUT2D eigenvalue weighted by Gasteiger charge is -2.19. The molecule has 0 bridgehead atoms. The molecular weight excluding hydrogens is 615 g/mol. The van der Waals surface area contributed by atoms with Gasteiger partial charge in [-0.3, -0.25) is 9.42 Å². The van der Waals surface area contributed by atoms with Gasteiger partial charge in [-0.1, -0.05) is 16.8 Å². The molecule has 0 saturated heterocycles. The summed E-state index contributed by atoms with van der Waals surface area (Å²) in [7, 11) is 1.62. The summed E-state index contributed by atoms with van der Waals surface area (Å²) in [5, 5.41) is 27.5. The molecule has 226 valence electrons. The summed E-state index contributed by atoms with van der Waals surface area (Å²) in [6.45, 7) is -0.837. The van der Waals surface area contributed by atoms with Crippen LogP contribution in [0.3, 0.4) is 0 Å². The molecule has 0 saturated carbocycles. The minimum Gasteiger partial charge on any atom is -0.618 e. The number of hydrogen-bond donors (Lipinski definition) is 0. The average Bonchev–Trinajstić information content (AvgIpc) is 3.69. The molecule has 5 rings (SSSR count). The molecule has 4 heterocycles. The Labute approximate surface area is 241 Å². The zero-order valence-corrected chi connectivity index (χ0v) is 22.3. The lowest BCUT2D eigenvalue weighted by molar-refractivity contribution is -0.615. The van der Waals surface area contributed by atoms with Crippen molar-refractivity contribution in [3.8, 4) is 28.2 Å². The van der Waals surface area contributed by atoms with Crippen molar-refractivity contribution in [2.75, 3.05) is 6.61 Å². The maximum Gasteiger partial charge on any atom is 0.522 e. The van der Waals surface area contributed by atoms with Gasteiger partial charge in [-0.25, -0.2) is 18.7 Å². The zero-order chi connectivity index (χ0) is 31.1. The smallest absolute Gasteiger partial charge is 0.522 e. The van der Waals surface area contributed by atoms with Crippen molar-refractivity contribution in [1.82, 2.24) is 39.5 Å². The van der Waals surface area contributed by atoms with Crippen molar-refractivity contribution in [3.63, 3.8) is 0 Å². The number of rotatable bonds is 8. The Balaban J connectivity index is 1.55. The zero-order valence-electron chi connectivity index (χ0n) is 21.6. The molecule has 11 nitrogen and oxygen atoms in total.